The van der Waals surface area contributed by atoms with Crippen molar-refractivity contribution in [2.45, 2.75) is 13.8 Å². The van der Waals surface area contributed by atoms with E-state index in [1.54, 1.807) is 30.5 Å². The number of nitrogens with one attached hydrogen (secondary N) is 1. The van der Waals surface area contributed by atoms with E-state index in [1.165, 1.54) is 5.56 Å². The maximum absolute atomic E-state index is 12.5. The molecule has 0 atom stereocenters. The fraction of sp³-hybridized carbons (Fsp3) is 0.182. The van der Waals surface area contributed by atoms with Crippen LogP contribution in [0.2, 0.25) is 0 Å². The monoisotopic (exact) mass is 360 g/mol. The number of nitrogens with zero attached hydrogens (tertiary/aromatic N) is 1. The quantitative estimate of drug-likeness (QED) is 0.753. The third-order valence-electron chi connectivity index (χ3n) is 4.49. The van der Waals surface area contributed by atoms with Gasteiger partial charge in [-0.1, -0.05) is 17.7 Å². The number of carbonyl (C=O) groups excluding carboxylic acids is 1. The van der Waals surface area contributed by atoms with Gasteiger partial charge in [-0.25, -0.2) is 0 Å². The molecule has 136 valence electrons. The van der Waals surface area contributed by atoms with Crippen LogP contribution < -0.4 is 14.8 Å². The molecule has 0 bridgehead atoms. The van der Waals surface area contributed by atoms with Gasteiger partial charge in [-0.05, 0) is 49.7 Å². The van der Waals surface area contributed by atoms with Gasteiger partial charge >= 0.3 is 0 Å². The summed E-state index contributed by atoms with van der Waals surface area (Å²) in [6.45, 7) is 5.16. The lowest BCUT2D eigenvalue weighted by Gasteiger charge is -2.19. The van der Waals surface area contributed by atoms with Crippen molar-refractivity contribution in [2.24, 2.45) is 0 Å². The molecule has 1 aliphatic heterocycles. The zero-order valence-corrected chi connectivity index (χ0v) is 15.3. The number of ether oxygens (including phenoxy) is 2. The number of carbonyl (C=O) groups is 1. The average molecular weight is 360 g/mol. The smallest absolute Gasteiger partial charge is 0.257 e. The molecule has 3 aromatic rings. The van der Waals surface area contributed by atoms with Crippen LogP contribution in [-0.2, 0) is 0 Å². The molecule has 0 aliphatic carbocycles. The Morgan fingerprint density at radius 1 is 0.963 bits per heavy atom. The number of hydrogen-bond acceptors (Lipinski definition) is 4. The number of aromatic nitrogens is 1. The van der Waals surface area contributed by atoms with Crippen LogP contribution in [0.25, 0.3) is 11.3 Å². The molecular formula is C22H20N2O3. The van der Waals surface area contributed by atoms with Crippen molar-refractivity contribution < 1.29 is 14.3 Å². The van der Waals surface area contributed by atoms with Crippen molar-refractivity contribution in [1.82, 2.24) is 4.98 Å². The molecule has 1 amide bonds. The molecule has 4 rings (SSSR count). The zero-order valence-electron chi connectivity index (χ0n) is 15.3. The van der Waals surface area contributed by atoms with Crippen LogP contribution in [0.1, 0.15) is 21.5 Å². The molecule has 2 aromatic carbocycles. The van der Waals surface area contributed by atoms with Crippen molar-refractivity contribution >= 4 is 11.6 Å². The molecule has 0 spiro atoms. The first-order valence-corrected chi connectivity index (χ1v) is 8.85. The van der Waals surface area contributed by atoms with Crippen LogP contribution >= 0.6 is 0 Å². The summed E-state index contributed by atoms with van der Waals surface area (Å²) < 4.78 is 11.0. The standard InChI is InChI=1S/C22H20N2O3/c1-14-3-4-15(2)18(11-14)19-7-5-16(13-23-19)22(25)24-17-6-8-20-21(12-17)27-10-9-26-20/h3-8,11-13H,9-10H2,1-2H3,(H,24,25). The molecule has 5 heteroatoms. The van der Waals surface area contributed by atoms with Crippen molar-refractivity contribution in [3.63, 3.8) is 0 Å². The summed E-state index contributed by atoms with van der Waals surface area (Å²) >= 11 is 0. The van der Waals surface area contributed by atoms with E-state index in [4.69, 9.17) is 9.47 Å². The van der Waals surface area contributed by atoms with Crippen molar-refractivity contribution in [3.8, 4) is 22.8 Å². The lowest BCUT2D eigenvalue weighted by atomic mass is 10.0. The number of anilines is 1. The Morgan fingerprint density at radius 2 is 1.78 bits per heavy atom. The first-order valence-electron chi connectivity index (χ1n) is 8.85. The molecule has 0 radical (unpaired) electrons. The summed E-state index contributed by atoms with van der Waals surface area (Å²) in [5.74, 6) is 1.12. The lowest BCUT2D eigenvalue weighted by molar-refractivity contribution is 0.102. The Labute approximate surface area is 158 Å². The second kappa shape index (κ2) is 7.11. The first kappa shape index (κ1) is 17.1. The number of fused-ring (bicyclic) bond motifs is 1. The van der Waals surface area contributed by atoms with Gasteiger partial charge in [0, 0.05) is 23.5 Å². The Balaban J connectivity index is 1.52. The number of hydrogen-bond donors (Lipinski definition) is 1. The number of amides is 1. The number of pyridine rings is 1. The SMILES string of the molecule is Cc1ccc(C)c(-c2ccc(C(=O)Nc3ccc4c(c3)OCCO4)cn2)c1. The summed E-state index contributed by atoms with van der Waals surface area (Å²) in [7, 11) is 0. The van der Waals surface area contributed by atoms with Crippen LogP contribution in [-0.4, -0.2) is 24.1 Å². The van der Waals surface area contributed by atoms with Gasteiger partial charge in [0.05, 0.1) is 11.3 Å². The van der Waals surface area contributed by atoms with E-state index in [-0.39, 0.29) is 5.91 Å². The van der Waals surface area contributed by atoms with Gasteiger partial charge < -0.3 is 14.8 Å². The Hall–Kier alpha value is -3.34. The Bertz CT molecular complexity index is 997. The molecule has 1 aromatic heterocycles. The van der Waals surface area contributed by atoms with Gasteiger partial charge in [-0.2, -0.15) is 0 Å². The highest BCUT2D eigenvalue weighted by molar-refractivity contribution is 6.04. The van der Waals surface area contributed by atoms with Gasteiger partial charge in [0.1, 0.15) is 13.2 Å². The zero-order chi connectivity index (χ0) is 18.8. The van der Waals surface area contributed by atoms with Crippen LogP contribution in [0, 0.1) is 13.8 Å². The highest BCUT2D eigenvalue weighted by Crippen LogP contribution is 2.32. The molecule has 5 nitrogen and oxygen atoms in total. The molecule has 1 N–H and O–H groups in total. The van der Waals surface area contributed by atoms with E-state index in [9.17, 15) is 4.79 Å². The summed E-state index contributed by atoms with van der Waals surface area (Å²) in [6.07, 6.45) is 1.60. The molecular weight excluding hydrogens is 340 g/mol. The van der Waals surface area contributed by atoms with E-state index in [2.05, 4.69) is 42.3 Å². The molecule has 27 heavy (non-hydrogen) atoms. The Morgan fingerprint density at radius 3 is 2.56 bits per heavy atom. The minimum atomic E-state index is -0.216. The fourth-order valence-corrected chi connectivity index (χ4v) is 3.02. The minimum absolute atomic E-state index is 0.216. The first-order chi connectivity index (χ1) is 13.1. The highest BCUT2D eigenvalue weighted by atomic mass is 16.6. The van der Waals surface area contributed by atoms with Crippen molar-refractivity contribution in [1.29, 1.82) is 0 Å². The van der Waals surface area contributed by atoms with Gasteiger partial charge in [-0.3, -0.25) is 9.78 Å². The van der Waals surface area contributed by atoms with E-state index in [0.717, 1.165) is 16.8 Å². The molecule has 1 aliphatic rings. The van der Waals surface area contributed by atoms with Crippen LogP contribution in [0.5, 0.6) is 11.5 Å². The average Bonchev–Trinajstić information content (AvgIpc) is 2.70. The molecule has 0 saturated carbocycles. The lowest BCUT2D eigenvalue weighted by Crippen LogP contribution is -2.16. The van der Waals surface area contributed by atoms with E-state index < -0.39 is 0 Å². The molecule has 0 fully saturated rings. The van der Waals surface area contributed by atoms with E-state index in [0.29, 0.717) is 36.0 Å². The molecule has 0 saturated heterocycles. The van der Waals surface area contributed by atoms with E-state index in [1.807, 2.05) is 6.07 Å². The third-order valence-corrected chi connectivity index (χ3v) is 4.49. The highest BCUT2D eigenvalue weighted by Gasteiger charge is 2.14. The van der Waals surface area contributed by atoms with Crippen LogP contribution in [0.3, 0.4) is 0 Å². The largest absolute Gasteiger partial charge is 0.486 e. The van der Waals surface area contributed by atoms with Gasteiger partial charge in [0.2, 0.25) is 0 Å². The number of benzene rings is 2. The predicted molar refractivity (Wildman–Crippen MR) is 105 cm³/mol. The van der Waals surface area contributed by atoms with Gasteiger partial charge in [-0.15, -0.1) is 0 Å². The van der Waals surface area contributed by atoms with Crippen molar-refractivity contribution in [3.05, 3.63) is 71.4 Å². The minimum Gasteiger partial charge on any atom is -0.486 e. The van der Waals surface area contributed by atoms with Gasteiger partial charge in [0.15, 0.2) is 11.5 Å². The third kappa shape index (κ3) is 3.62. The van der Waals surface area contributed by atoms with Crippen LogP contribution in [0.4, 0.5) is 5.69 Å². The number of aryl methyl sites for hydroxylation is 2. The number of rotatable bonds is 3. The molecule has 2 heterocycles. The maximum Gasteiger partial charge on any atom is 0.257 e. The predicted octanol–water partition coefficient (Wildman–Crippen LogP) is 4.39. The van der Waals surface area contributed by atoms with E-state index >= 15 is 0 Å². The topological polar surface area (TPSA) is 60.5 Å². The Kier molecular flexibility index (Phi) is 4.50. The summed E-state index contributed by atoms with van der Waals surface area (Å²) in [4.78, 5) is 17.0. The second-order valence-corrected chi connectivity index (χ2v) is 6.56. The second-order valence-electron chi connectivity index (χ2n) is 6.56. The molecule has 0 unspecified atom stereocenters. The van der Waals surface area contributed by atoms with Crippen LogP contribution in [0.15, 0.2) is 54.7 Å². The summed E-state index contributed by atoms with van der Waals surface area (Å²) in [5, 5.41) is 2.87. The summed E-state index contributed by atoms with van der Waals surface area (Å²) in [5.41, 5.74) is 5.42. The fourth-order valence-electron chi connectivity index (χ4n) is 3.02. The van der Waals surface area contributed by atoms with Crippen molar-refractivity contribution in [2.75, 3.05) is 18.5 Å². The maximum atomic E-state index is 12.5. The summed E-state index contributed by atoms with van der Waals surface area (Å²) in [6, 6.07) is 15.3. The normalized spacial score (nSPS) is 12.5. The van der Waals surface area contributed by atoms with Gasteiger partial charge in [0.25, 0.3) is 5.91 Å².